The number of carbonyl (C=O) groups excluding carboxylic acids is 1. The lowest BCUT2D eigenvalue weighted by atomic mass is 9.80. The molecule has 1 unspecified atom stereocenters. The van der Waals surface area contributed by atoms with Gasteiger partial charge in [0.25, 0.3) is 0 Å². The molecule has 0 saturated carbocycles. The smallest absolute Gasteiger partial charge is 0.482 e. The van der Waals surface area contributed by atoms with Crippen LogP contribution in [0.15, 0.2) is 60.9 Å². The molecule has 2 bridgehead atoms. The summed E-state index contributed by atoms with van der Waals surface area (Å²) in [7, 11) is 0.152. The number of carbonyl (C=O) groups is 1. The first-order valence-corrected chi connectivity index (χ1v) is 14.0. The molecule has 44 heavy (non-hydrogen) atoms. The first-order valence-electron chi connectivity index (χ1n) is 14.0. The van der Waals surface area contributed by atoms with Gasteiger partial charge < -0.3 is 19.5 Å². The topological polar surface area (TPSA) is 149 Å². The first kappa shape index (κ1) is 29.0. The molecule has 3 aromatic heterocycles. The minimum atomic E-state index is -1.59. The van der Waals surface area contributed by atoms with Crippen LogP contribution in [-0.2, 0) is 31.4 Å². The van der Waals surface area contributed by atoms with E-state index in [9.17, 15) is 19.2 Å². The number of pyridine rings is 1. The molecule has 0 spiro atoms. The molecule has 12 nitrogen and oxygen atoms in total. The number of hydrogen-bond donors (Lipinski definition) is 3. The minimum absolute atomic E-state index is 0.0650. The Morgan fingerprint density at radius 1 is 1.16 bits per heavy atom. The maximum atomic E-state index is 14.6. The molecule has 224 valence electrons. The molecule has 0 radical (unpaired) electrons. The van der Waals surface area contributed by atoms with E-state index in [1.807, 2.05) is 11.6 Å². The van der Waals surface area contributed by atoms with E-state index in [-0.39, 0.29) is 18.2 Å². The van der Waals surface area contributed by atoms with Crippen molar-refractivity contribution in [1.29, 1.82) is 0 Å². The summed E-state index contributed by atoms with van der Waals surface area (Å²) in [5, 5.41) is 35.0. The Kier molecular flexibility index (Phi) is 7.85. The van der Waals surface area contributed by atoms with Gasteiger partial charge in [-0.2, -0.15) is 20.1 Å². The lowest BCUT2D eigenvalue weighted by molar-refractivity contribution is 0.154. The van der Waals surface area contributed by atoms with E-state index in [1.165, 1.54) is 29.1 Å². The summed E-state index contributed by atoms with van der Waals surface area (Å²) in [6.07, 6.45) is 2.37. The van der Waals surface area contributed by atoms with E-state index in [0.717, 1.165) is 11.3 Å². The average Bonchev–Trinajstić information content (AvgIpc) is 3.59. The standard InChI is InChI=1S/C30H29BFN7O5/c1-4-39-28-19(15-34-39)11-25-27(37-38(3)36-25)23-10-9-22(32)13-24(23)17(2)44-26-12-20(28)14-33-29(26)35-30(40)43-16-18-5-7-21(8-6-18)31(41)42/h5-10,12-15,17,41-42H,4,11,16H2,1-3H3,(H,33,35,40). The fourth-order valence-electron chi connectivity index (χ4n) is 5.25. The molecule has 0 saturated heterocycles. The van der Waals surface area contributed by atoms with Crippen molar-refractivity contribution in [1.82, 2.24) is 29.8 Å². The van der Waals surface area contributed by atoms with Crippen LogP contribution in [0.4, 0.5) is 15.0 Å². The van der Waals surface area contributed by atoms with Gasteiger partial charge in [-0.3, -0.25) is 10.00 Å². The molecule has 0 aliphatic carbocycles. The van der Waals surface area contributed by atoms with E-state index >= 15 is 0 Å². The van der Waals surface area contributed by atoms with E-state index in [1.54, 1.807) is 50.6 Å². The second kappa shape index (κ2) is 11.9. The van der Waals surface area contributed by atoms with Crippen molar-refractivity contribution in [3.63, 3.8) is 0 Å². The van der Waals surface area contributed by atoms with Crippen molar-refractivity contribution in [3.05, 3.63) is 89.1 Å². The maximum absolute atomic E-state index is 14.6. The molecule has 3 N–H and O–H groups in total. The van der Waals surface area contributed by atoms with Gasteiger partial charge in [-0.25, -0.2) is 14.2 Å². The zero-order chi connectivity index (χ0) is 31.0. The number of ether oxygens (including phenoxy) is 2. The molecule has 4 heterocycles. The second-order valence-corrected chi connectivity index (χ2v) is 10.4. The van der Waals surface area contributed by atoms with Crippen molar-refractivity contribution in [2.75, 3.05) is 5.32 Å². The van der Waals surface area contributed by atoms with E-state index in [0.29, 0.717) is 52.1 Å². The van der Waals surface area contributed by atoms with Crippen LogP contribution in [0.5, 0.6) is 5.75 Å². The Hall–Kier alpha value is -5.08. The Morgan fingerprint density at radius 2 is 1.95 bits per heavy atom. The monoisotopic (exact) mass is 597 g/mol. The predicted octanol–water partition coefficient (Wildman–Crippen LogP) is 3.37. The molecule has 1 aliphatic heterocycles. The number of aryl methyl sites for hydroxylation is 2. The third-order valence-electron chi connectivity index (χ3n) is 7.36. The molecule has 0 fully saturated rings. The van der Waals surface area contributed by atoms with Gasteiger partial charge in [-0.1, -0.05) is 24.3 Å². The number of hydrogen-bond acceptors (Lipinski definition) is 9. The predicted molar refractivity (Wildman–Crippen MR) is 159 cm³/mol. The van der Waals surface area contributed by atoms with Crippen LogP contribution in [0.1, 0.15) is 42.3 Å². The number of benzene rings is 2. The van der Waals surface area contributed by atoms with Crippen LogP contribution in [0.25, 0.3) is 22.5 Å². The Bertz CT molecular complexity index is 1840. The molecule has 1 aliphatic rings. The highest BCUT2D eigenvalue weighted by molar-refractivity contribution is 6.58. The van der Waals surface area contributed by atoms with Crippen LogP contribution in [0, 0.1) is 5.82 Å². The Morgan fingerprint density at radius 3 is 2.70 bits per heavy atom. The molecule has 1 atom stereocenters. The lowest BCUT2D eigenvalue weighted by Crippen LogP contribution is -2.29. The van der Waals surface area contributed by atoms with Crippen molar-refractivity contribution in [2.45, 2.75) is 39.5 Å². The van der Waals surface area contributed by atoms with Gasteiger partial charge in [0, 0.05) is 48.5 Å². The first-order chi connectivity index (χ1) is 21.2. The number of nitrogens with one attached hydrogen (secondary N) is 1. The Labute approximate surface area is 252 Å². The summed E-state index contributed by atoms with van der Waals surface area (Å²) in [6.45, 7) is 4.30. The summed E-state index contributed by atoms with van der Waals surface area (Å²) < 4.78 is 28.2. The average molecular weight is 597 g/mol. The molecular weight excluding hydrogens is 568 g/mol. The highest BCUT2D eigenvalue weighted by atomic mass is 19.1. The van der Waals surface area contributed by atoms with Crippen molar-refractivity contribution >= 4 is 24.5 Å². The fourth-order valence-corrected chi connectivity index (χ4v) is 5.25. The van der Waals surface area contributed by atoms with Crippen LogP contribution in [0.3, 0.4) is 0 Å². The molecule has 14 heteroatoms. The molecular formula is C30H29BFN7O5. The minimum Gasteiger partial charge on any atom is -0.482 e. The number of anilines is 1. The number of aromatic nitrogens is 6. The number of rotatable bonds is 5. The number of amides is 1. The molecule has 2 aromatic carbocycles. The third-order valence-corrected chi connectivity index (χ3v) is 7.36. The largest absolute Gasteiger partial charge is 0.488 e. The van der Waals surface area contributed by atoms with Crippen molar-refractivity contribution in [2.24, 2.45) is 7.05 Å². The number of nitrogens with zero attached hydrogens (tertiary/aromatic N) is 6. The maximum Gasteiger partial charge on any atom is 0.488 e. The lowest BCUT2D eigenvalue weighted by Gasteiger charge is -2.21. The van der Waals surface area contributed by atoms with Gasteiger partial charge in [0.05, 0.1) is 17.6 Å². The van der Waals surface area contributed by atoms with Gasteiger partial charge in [-0.15, -0.1) is 0 Å². The summed E-state index contributed by atoms with van der Waals surface area (Å²) in [4.78, 5) is 18.9. The van der Waals surface area contributed by atoms with Crippen LogP contribution in [0.2, 0.25) is 0 Å². The summed E-state index contributed by atoms with van der Waals surface area (Å²) in [6, 6.07) is 12.5. The SMILES string of the molecule is CCn1ncc2c1-c1cnc(NC(=O)OCc3ccc(B(O)O)cc3)c(c1)OC(C)c1cc(F)ccc1-c1nn(C)nc1C2. The zero-order valence-corrected chi connectivity index (χ0v) is 24.2. The second-order valence-electron chi connectivity index (χ2n) is 10.4. The molecule has 5 aromatic rings. The molecule has 1 amide bonds. The van der Waals surface area contributed by atoms with Gasteiger partial charge in [-0.05, 0) is 49.1 Å². The fraction of sp³-hybridized carbons (Fsp3) is 0.233. The van der Waals surface area contributed by atoms with Gasteiger partial charge in [0.15, 0.2) is 11.6 Å². The van der Waals surface area contributed by atoms with E-state index < -0.39 is 25.1 Å². The number of halogens is 1. The number of fused-ring (bicyclic) bond motifs is 7. The molecule has 6 rings (SSSR count). The Balaban J connectivity index is 1.37. The van der Waals surface area contributed by atoms with Gasteiger partial charge >= 0.3 is 13.2 Å². The van der Waals surface area contributed by atoms with Crippen LogP contribution >= 0.6 is 0 Å². The highest BCUT2D eigenvalue weighted by Gasteiger charge is 2.26. The van der Waals surface area contributed by atoms with E-state index in [2.05, 4.69) is 25.6 Å². The third kappa shape index (κ3) is 5.76. The van der Waals surface area contributed by atoms with Crippen LogP contribution in [-0.4, -0.2) is 53.0 Å². The van der Waals surface area contributed by atoms with Crippen molar-refractivity contribution in [3.8, 4) is 28.3 Å². The van der Waals surface area contributed by atoms with Crippen LogP contribution < -0.4 is 15.5 Å². The van der Waals surface area contributed by atoms with E-state index in [4.69, 9.17) is 9.47 Å². The van der Waals surface area contributed by atoms with Crippen molar-refractivity contribution < 1.29 is 28.7 Å². The van der Waals surface area contributed by atoms with Gasteiger partial charge in [0.2, 0.25) is 0 Å². The quantitative estimate of drug-likeness (QED) is 0.259. The summed E-state index contributed by atoms with van der Waals surface area (Å²) >= 11 is 0. The highest BCUT2D eigenvalue weighted by Crippen LogP contribution is 2.38. The zero-order valence-electron chi connectivity index (χ0n) is 24.2. The summed E-state index contributed by atoms with van der Waals surface area (Å²) in [5.74, 6) is -0.0690. The normalized spacial score (nSPS) is 13.8. The van der Waals surface area contributed by atoms with Gasteiger partial charge in [0.1, 0.15) is 24.2 Å². The summed E-state index contributed by atoms with van der Waals surface area (Å²) in [5.41, 5.74) is 5.92.